The molecule has 19 heavy (non-hydrogen) atoms. The molecule has 1 atom stereocenters. The molecule has 0 spiro atoms. The highest BCUT2D eigenvalue weighted by Crippen LogP contribution is 2.10. The van der Waals surface area contributed by atoms with Gasteiger partial charge in [-0.3, -0.25) is 9.59 Å². The Kier molecular flexibility index (Phi) is 4.79. The molecule has 1 heterocycles. The van der Waals surface area contributed by atoms with Crippen LogP contribution in [-0.4, -0.2) is 29.4 Å². The molecule has 6 heteroatoms. The number of nitrogens with one attached hydrogen (secondary N) is 2. The molecule has 0 aliphatic carbocycles. The molecule has 0 unspecified atom stereocenters. The van der Waals surface area contributed by atoms with E-state index in [-0.39, 0.29) is 24.2 Å². The van der Waals surface area contributed by atoms with Crippen molar-refractivity contribution < 1.29 is 14.0 Å². The third kappa shape index (κ3) is 3.96. The monoisotopic (exact) mass is 282 g/mol. The third-order valence-corrected chi connectivity index (χ3v) is 3.88. The standard InChI is InChI=1S/C13H15FN2O2S/c14-10-4-2-1-3-9(10)7-15-13(18)11-8-19-6-5-12(17)16-11/h1-4,11H,5-8H2,(H,15,18)(H,16,17)/t11-/m0/s1. The SMILES string of the molecule is O=C1CCSC[C@@H](C(=O)NCc2ccccc2F)N1. The zero-order valence-corrected chi connectivity index (χ0v) is 11.1. The van der Waals surface area contributed by atoms with E-state index in [1.54, 1.807) is 30.0 Å². The molecule has 1 saturated heterocycles. The molecule has 2 N–H and O–H groups in total. The topological polar surface area (TPSA) is 58.2 Å². The molecule has 1 aromatic rings. The number of carbonyl (C=O) groups excluding carboxylic acids is 2. The number of thioether (sulfide) groups is 1. The summed E-state index contributed by atoms with van der Waals surface area (Å²) in [7, 11) is 0. The van der Waals surface area contributed by atoms with Crippen LogP contribution in [0.4, 0.5) is 4.39 Å². The first-order valence-corrected chi connectivity index (χ1v) is 7.20. The van der Waals surface area contributed by atoms with Crippen LogP contribution < -0.4 is 10.6 Å². The maximum Gasteiger partial charge on any atom is 0.243 e. The summed E-state index contributed by atoms with van der Waals surface area (Å²) < 4.78 is 13.4. The van der Waals surface area contributed by atoms with Crippen molar-refractivity contribution in [3.05, 3.63) is 35.6 Å². The quantitative estimate of drug-likeness (QED) is 0.871. The predicted octanol–water partition coefficient (Wildman–Crippen LogP) is 1.06. The molecule has 1 fully saturated rings. The Labute approximate surface area is 115 Å². The van der Waals surface area contributed by atoms with Gasteiger partial charge in [-0.05, 0) is 6.07 Å². The fraction of sp³-hybridized carbons (Fsp3) is 0.385. The van der Waals surface area contributed by atoms with Gasteiger partial charge in [-0.1, -0.05) is 18.2 Å². The predicted molar refractivity (Wildman–Crippen MR) is 72.1 cm³/mol. The smallest absolute Gasteiger partial charge is 0.243 e. The Morgan fingerprint density at radius 2 is 2.26 bits per heavy atom. The second-order valence-corrected chi connectivity index (χ2v) is 5.40. The van der Waals surface area contributed by atoms with E-state index in [0.29, 0.717) is 17.7 Å². The number of halogens is 1. The summed E-state index contributed by atoms with van der Waals surface area (Å²) in [6.45, 7) is 0.128. The Balaban J connectivity index is 1.90. The highest BCUT2D eigenvalue weighted by molar-refractivity contribution is 7.99. The molecule has 1 aliphatic rings. The molecule has 4 nitrogen and oxygen atoms in total. The number of benzene rings is 1. The molecule has 0 aromatic heterocycles. The van der Waals surface area contributed by atoms with Gasteiger partial charge < -0.3 is 10.6 Å². The van der Waals surface area contributed by atoms with Gasteiger partial charge in [0.1, 0.15) is 11.9 Å². The van der Waals surface area contributed by atoms with Gasteiger partial charge in [-0.15, -0.1) is 0 Å². The van der Waals surface area contributed by atoms with Gasteiger partial charge in [0.15, 0.2) is 0 Å². The first-order chi connectivity index (χ1) is 9.16. The lowest BCUT2D eigenvalue weighted by atomic mass is 10.2. The van der Waals surface area contributed by atoms with Gasteiger partial charge in [0.05, 0.1) is 0 Å². The second kappa shape index (κ2) is 6.56. The van der Waals surface area contributed by atoms with E-state index in [4.69, 9.17) is 0 Å². The van der Waals surface area contributed by atoms with Gasteiger partial charge in [0.25, 0.3) is 0 Å². The van der Waals surface area contributed by atoms with Gasteiger partial charge in [-0.25, -0.2) is 4.39 Å². The van der Waals surface area contributed by atoms with Crippen LogP contribution in [0.15, 0.2) is 24.3 Å². The lowest BCUT2D eigenvalue weighted by Gasteiger charge is -2.15. The summed E-state index contributed by atoms with van der Waals surface area (Å²) in [6.07, 6.45) is 0.432. The first-order valence-electron chi connectivity index (χ1n) is 6.05. The van der Waals surface area contributed by atoms with Crippen molar-refractivity contribution in [3.8, 4) is 0 Å². The summed E-state index contributed by atoms with van der Waals surface area (Å²) in [5.74, 6) is 0.543. The number of carbonyl (C=O) groups is 2. The zero-order chi connectivity index (χ0) is 13.7. The first kappa shape index (κ1) is 13.9. The Morgan fingerprint density at radius 3 is 3.05 bits per heavy atom. The van der Waals surface area contributed by atoms with Crippen LogP contribution in [0.25, 0.3) is 0 Å². The molecule has 102 valence electrons. The number of rotatable bonds is 3. The van der Waals surface area contributed by atoms with Crippen molar-refractivity contribution in [2.45, 2.75) is 19.0 Å². The molecule has 1 aliphatic heterocycles. The highest BCUT2D eigenvalue weighted by atomic mass is 32.2. The summed E-state index contributed by atoms with van der Waals surface area (Å²) in [4.78, 5) is 23.3. The van der Waals surface area contributed by atoms with Gasteiger partial charge in [0.2, 0.25) is 11.8 Å². The zero-order valence-electron chi connectivity index (χ0n) is 10.3. The van der Waals surface area contributed by atoms with E-state index in [1.807, 2.05) is 0 Å². The van der Waals surface area contributed by atoms with Crippen LogP contribution in [0.2, 0.25) is 0 Å². The van der Waals surface area contributed by atoms with Crippen LogP contribution in [0.3, 0.4) is 0 Å². The largest absolute Gasteiger partial charge is 0.350 e. The number of amides is 2. The van der Waals surface area contributed by atoms with E-state index in [2.05, 4.69) is 10.6 Å². The summed E-state index contributed by atoms with van der Waals surface area (Å²) in [5, 5.41) is 5.31. The minimum Gasteiger partial charge on any atom is -0.350 e. The molecular formula is C13H15FN2O2S. The average Bonchev–Trinajstić information content (AvgIpc) is 2.62. The fourth-order valence-corrected chi connectivity index (χ4v) is 2.73. The normalized spacial score (nSPS) is 19.4. The minimum absolute atomic E-state index is 0.115. The van der Waals surface area contributed by atoms with E-state index >= 15 is 0 Å². The molecule has 0 saturated carbocycles. The van der Waals surface area contributed by atoms with Crippen LogP contribution in [0, 0.1) is 5.82 Å². The van der Waals surface area contributed by atoms with E-state index in [9.17, 15) is 14.0 Å². The van der Waals surface area contributed by atoms with E-state index in [0.717, 1.165) is 5.75 Å². The highest BCUT2D eigenvalue weighted by Gasteiger charge is 2.23. The van der Waals surface area contributed by atoms with E-state index < -0.39 is 6.04 Å². The van der Waals surface area contributed by atoms with Crippen LogP contribution in [-0.2, 0) is 16.1 Å². The van der Waals surface area contributed by atoms with Crippen molar-refractivity contribution in [1.82, 2.24) is 10.6 Å². The molecule has 0 radical (unpaired) electrons. The molecular weight excluding hydrogens is 267 g/mol. The number of hydrogen-bond donors (Lipinski definition) is 2. The molecule has 0 bridgehead atoms. The maximum absolute atomic E-state index is 13.4. The van der Waals surface area contributed by atoms with E-state index in [1.165, 1.54) is 6.07 Å². The van der Waals surface area contributed by atoms with Crippen LogP contribution in [0.5, 0.6) is 0 Å². The maximum atomic E-state index is 13.4. The molecule has 2 rings (SSSR count). The summed E-state index contributed by atoms with van der Waals surface area (Å²) in [6, 6.07) is 5.75. The van der Waals surface area contributed by atoms with Gasteiger partial charge in [0, 0.05) is 30.0 Å². The third-order valence-electron chi connectivity index (χ3n) is 2.82. The number of hydrogen-bond acceptors (Lipinski definition) is 3. The van der Waals surface area contributed by atoms with Crippen LogP contribution in [0.1, 0.15) is 12.0 Å². The van der Waals surface area contributed by atoms with Crippen LogP contribution >= 0.6 is 11.8 Å². The molecule has 2 amide bonds. The van der Waals surface area contributed by atoms with Gasteiger partial charge in [-0.2, -0.15) is 11.8 Å². The van der Waals surface area contributed by atoms with Crippen molar-refractivity contribution >= 4 is 23.6 Å². The van der Waals surface area contributed by atoms with Crippen molar-refractivity contribution in [3.63, 3.8) is 0 Å². The average molecular weight is 282 g/mol. The van der Waals surface area contributed by atoms with Gasteiger partial charge >= 0.3 is 0 Å². The summed E-state index contributed by atoms with van der Waals surface area (Å²) in [5.41, 5.74) is 0.434. The lowest BCUT2D eigenvalue weighted by molar-refractivity contribution is -0.128. The Bertz CT molecular complexity index is 481. The fourth-order valence-electron chi connectivity index (χ4n) is 1.76. The minimum atomic E-state index is -0.535. The lowest BCUT2D eigenvalue weighted by Crippen LogP contribution is -2.47. The van der Waals surface area contributed by atoms with Crippen molar-refractivity contribution in [2.75, 3.05) is 11.5 Å². The second-order valence-electron chi connectivity index (χ2n) is 4.25. The molecule has 1 aromatic carbocycles. The Morgan fingerprint density at radius 1 is 1.47 bits per heavy atom. The van der Waals surface area contributed by atoms with Crippen molar-refractivity contribution in [1.29, 1.82) is 0 Å². The van der Waals surface area contributed by atoms with Crippen molar-refractivity contribution in [2.24, 2.45) is 0 Å². The Hall–Kier alpha value is -1.56. The summed E-state index contributed by atoms with van der Waals surface area (Å²) >= 11 is 1.56.